The topological polar surface area (TPSA) is 91.0 Å². The van der Waals surface area contributed by atoms with E-state index in [1.807, 2.05) is 36.4 Å². The SMILES string of the molecule is O=C(COc1ccc2ccccc2c1)NCCn1ncc2c(=O)n(Cc3cccc(C(F)(F)F)c3)cnc21. The summed E-state index contributed by atoms with van der Waals surface area (Å²) in [5, 5.41) is 9.24. The fourth-order valence-corrected chi connectivity index (χ4v) is 4.07. The smallest absolute Gasteiger partial charge is 0.416 e. The molecule has 38 heavy (non-hydrogen) atoms. The van der Waals surface area contributed by atoms with Crippen molar-refractivity contribution >= 4 is 27.7 Å². The Bertz CT molecular complexity index is 1680. The van der Waals surface area contributed by atoms with Crippen molar-refractivity contribution in [1.29, 1.82) is 0 Å². The van der Waals surface area contributed by atoms with Crippen LogP contribution in [-0.2, 0) is 24.1 Å². The number of ether oxygens (including phenoxy) is 1. The van der Waals surface area contributed by atoms with Gasteiger partial charge in [-0.3, -0.25) is 14.2 Å². The Kier molecular flexibility index (Phi) is 6.82. The van der Waals surface area contributed by atoms with Crippen molar-refractivity contribution in [2.24, 2.45) is 0 Å². The van der Waals surface area contributed by atoms with Gasteiger partial charge in [0, 0.05) is 6.54 Å². The summed E-state index contributed by atoms with van der Waals surface area (Å²) in [6.07, 6.45) is -1.83. The summed E-state index contributed by atoms with van der Waals surface area (Å²) in [6, 6.07) is 18.2. The minimum absolute atomic E-state index is 0.0653. The van der Waals surface area contributed by atoms with Crippen LogP contribution in [-0.4, -0.2) is 38.4 Å². The van der Waals surface area contributed by atoms with Crippen LogP contribution in [0.25, 0.3) is 21.8 Å². The van der Waals surface area contributed by atoms with Crippen LogP contribution in [0.4, 0.5) is 13.2 Å². The number of amides is 1. The molecule has 1 amide bonds. The van der Waals surface area contributed by atoms with Gasteiger partial charge in [-0.1, -0.05) is 42.5 Å². The number of nitrogens with zero attached hydrogens (tertiary/aromatic N) is 4. The highest BCUT2D eigenvalue weighted by Gasteiger charge is 2.30. The van der Waals surface area contributed by atoms with E-state index in [-0.39, 0.29) is 37.5 Å². The molecule has 3 aromatic carbocycles. The highest BCUT2D eigenvalue weighted by atomic mass is 19.4. The number of rotatable bonds is 8. The lowest BCUT2D eigenvalue weighted by atomic mass is 10.1. The third-order valence-electron chi connectivity index (χ3n) is 5.97. The Morgan fingerprint density at radius 2 is 1.82 bits per heavy atom. The van der Waals surface area contributed by atoms with Crippen molar-refractivity contribution in [2.45, 2.75) is 19.3 Å². The predicted molar refractivity (Wildman–Crippen MR) is 135 cm³/mol. The van der Waals surface area contributed by atoms with E-state index in [4.69, 9.17) is 4.74 Å². The van der Waals surface area contributed by atoms with E-state index in [2.05, 4.69) is 15.4 Å². The van der Waals surface area contributed by atoms with Gasteiger partial charge >= 0.3 is 6.18 Å². The number of carbonyl (C=O) groups excluding carboxylic acids is 1. The average molecular weight is 521 g/mol. The minimum Gasteiger partial charge on any atom is -0.484 e. The van der Waals surface area contributed by atoms with Crippen molar-refractivity contribution in [3.63, 3.8) is 0 Å². The van der Waals surface area contributed by atoms with Crippen LogP contribution in [0.15, 0.2) is 84.0 Å². The molecular formula is C27H22F3N5O3. The molecule has 0 bridgehead atoms. The molecule has 2 aromatic heterocycles. The zero-order chi connectivity index (χ0) is 26.7. The Balaban J connectivity index is 1.18. The van der Waals surface area contributed by atoms with Gasteiger partial charge < -0.3 is 10.1 Å². The maximum atomic E-state index is 13.0. The second-order valence-electron chi connectivity index (χ2n) is 8.63. The van der Waals surface area contributed by atoms with Gasteiger partial charge in [0.1, 0.15) is 17.5 Å². The summed E-state index contributed by atoms with van der Waals surface area (Å²) in [5.74, 6) is 0.272. The van der Waals surface area contributed by atoms with Gasteiger partial charge in [0.15, 0.2) is 12.3 Å². The van der Waals surface area contributed by atoms with Crippen LogP contribution in [0.5, 0.6) is 5.75 Å². The van der Waals surface area contributed by atoms with Gasteiger partial charge in [-0.15, -0.1) is 0 Å². The molecule has 0 unspecified atom stereocenters. The standard InChI is InChI=1S/C27H22F3N5O3/c28-27(29,30)21-7-3-4-18(12-21)15-34-17-32-25-23(26(34)37)14-33-35(25)11-10-31-24(36)16-38-22-9-8-19-5-1-2-6-20(19)13-22/h1-9,12-14,17H,10-11,15-16H2,(H,31,36). The van der Waals surface area contributed by atoms with Crippen LogP contribution in [0, 0.1) is 0 Å². The summed E-state index contributed by atoms with van der Waals surface area (Å²) in [7, 11) is 0. The van der Waals surface area contributed by atoms with Crippen molar-refractivity contribution < 1.29 is 22.7 Å². The quantitative estimate of drug-likeness (QED) is 0.333. The molecule has 0 fully saturated rings. The van der Waals surface area contributed by atoms with Crippen molar-refractivity contribution in [2.75, 3.05) is 13.2 Å². The van der Waals surface area contributed by atoms with Gasteiger partial charge in [-0.2, -0.15) is 18.3 Å². The number of hydrogen-bond donors (Lipinski definition) is 1. The maximum absolute atomic E-state index is 13.0. The van der Waals surface area contributed by atoms with Gasteiger partial charge in [-0.25, -0.2) is 9.67 Å². The first-order chi connectivity index (χ1) is 18.3. The Morgan fingerprint density at radius 3 is 2.63 bits per heavy atom. The molecule has 0 aliphatic carbocycles. The number of benzene rings is 3. The molecule has 0 spiro atoms. The van der Waals surface area contributed by atoms with Crippen LogP contribution < -0.4 is 15.6 Å². The van der Waals surface area contributed by atoms with Crippen LogP contribution in [0.1, 0.15) is 11.1 Å². The Hall–Kier alpha value is -4.67. The number of aromatic nitrogens is 4. The van der Waals surface area contributed by atoms with Crippen molar-refractivity contribution in [3.8, 4) is 5.75 Å². The number of halogens is 3. The summed E-state index contributed by atoms with van der Waals surface area (Å²) >= 11 is 0. The molecule has 0 radical (unpaired) electrons. The zero-order valence-corrected chi connectivity index (χ0v) is 20.0. The molecule has 2 heterocycles. The number of hydrogen-bond acceptors (Lipinski definition) is 5. The van der Waals surface area contributed by atoms with E-state index in [9.17, 15) is 22.8 Å². The van der Waals surface area contributed by atoms with Gasteiger partial charge in [0.25, 0.3) is 11.5 Å². The second-order valence-corrected chi connectivity index (χ2v) is 8.63. The summed E-state index contributed by atoms with van der Waals surface area (Å²) in [5.41, 5.74) is -0.567. The molecule has 0 aliphatic rings. The van der Waals surface area contributed by atoms with E-state index in [0.717, 1.165) is 22.9 Å². The molecule has 5 aromatic rings. The van der Waals surface area contributed by atoms with Crippen LogP contribution in [0.3, 0.4) is 0 Å². The van der Waals surface area contributed by atoms with Gasteiger partial charge in [0.2, 0.25) is 0 Å². The molecule has 0 aliphatic heterocycles. The van der Waals surface area contributed by atoms with E-state index >= 15 is 0 Å². The Labute approximate surface area is 214 Å². The first kappa shape index (κ1) is 25.0. The lowest BCUT2D eigenvalue weighted by Gasteiger charge is -2.10. The van der Waals surface area contributed by atoms with Gasteiger partial charge in [-0.05, 0) is 40.6 Å². The third kappa shape index (κ3) is 5.51. The molecule has 1 N–H and O–H groups in total. The average Bonchev–Trinajstić information content (AvgIpc) is 3.32. The molecule has 11 heteroatoms. The molecule has 0 saturated heterocycles. The molecular weight excluding hydrogens is 499 g/mol. The predicted octanol–water partition coefficient (Wildman–Crippen LogP) is 4.01. The lowest BCUT2D eigenvalue weighted by Crippen LogP contribution is -2.31. The highest BCUT2D eigenvalue weighted by Crippen LogP contribution is 2.29. The number of nitrogens with one attached hydrogen (secondary N) is 1. The largest absolute Gasteiger partial charge is 0.484 e. The van der Waals surface area contributed by atoms with Crippen LogP contribution in [0.2, 0.25) is 0 Å². The first-order valence-electron chi connectivity index (χ1n) is 11.7. The minimum atomic E-state index is -4.47. The molecule has 0 atom stereocenters. The van der Waals surface area contributed by atoms with E-state index in [1.165, 1.54) is 33.9 Å². The summed E-state index contributed by atoms with van der Waals surface area (Å²) in [4.78, 5) is 29.4. The molecule has 194 valence electrons. The Morgan fingerprint density at radius 1 is 1.00 bits per heavy atom. The van der Waals surface area contributed by atoms with Crippen molar-refractivity contribution in [1.82, 2.24) is 24.6 Å². The van der Waals surface area contributed by atoms with Crippen molar-refractivity contribution in [3.05, 3.63) is 101 Å². The number of alkyl halides is 3. The monoisotopic (exact) mass is 521 g/mol. The van der Waals surface area contributed by atoms with Gasteiger partial charge in [0.05, 0.1) is 24.8 Å². The lowest BCUT2D eigenvalue weighted by molar-refractivity contribution is -0.137. The number of fused-ring (bicyclic) bond motifs is 2. The number of carbonyl (C=O) groups is 1. The summed E-state index contributed by atoms with van der Waals surface area (Å²) in [6.45, 7) is 0.266. The zero-order valence-electron chi connectivity index (χ0n) is 20.0. The normalized spacial score (nSPS) is 11.7. The van der Waals surface area contributed by atoms with E-state index in [1.54, 1.807) is 6.07 Å². The fraction of sp³-hybridized carbons (Fsp3) is 0.185. The van der Waals surface area contributed by atoms with E-state index in [0.29, 0.717) is 17.0 Å². The third-order valence-corrected chi connectivity index (χ3v) is 5.97. The molecule has 0 saturated carbocycles. The second kappa shape index (κ2) is 10.4. The van der Waals surface area contributed by atoms with Crippen LogP contribution >= 0.6 is 0 Å². The fourth-order valence-electron chi connectivity index (χ4n) is 4.07. The summed E-state index contributed by atoms with van der Waals surface area (Å²) < 4.78 is 47.3. The maximum Gasteiger partial charge on any atom is 0.416 e. The molecule has 8 nitrogen and oxygen atoms in total. The highest BCUT2D eigenvalue weighted by molar-refractivity contribution is 5.84. The molecule has 5 rings (SSSR count). The first-order valence-corrected chi connectivity index (χ1v) is 11.7. The van der Waals surface area contributed by atoms with E-state index < -0.39 is 17.3 Å².